The fourth-order valence-electron chi connectivity index (χ4n) is 2.85. The lowest BCUT2D eigenvalue weighted by Gasteiger charge is -2.29. The van der Waals surface area contributed by atoms with Gasteiger partial charge in [-0.2, -0.15) is 0 Å². The minimum absolute atomic E-state index is 0. The first-order valence-corrected chi connectivity index (χ1v) is 7.24. The predicted molar refractivity (Wildman–Crippen MR) is 90.3 cm³/mol. The van der Waals surface area contributed by atoms with E-state index in [1.54, 1.807) is 7.11 Å². The van der Waals surface area contributed by atoms with Crippen LogP contribution < -0.4 is 10.6 Å². The van der Waals surface area contributed by atoms with E-state index in [-0.39, 0.29) is 24.0 Å². The summed E-state index contributed by atoms with van der Waals surface area (Å²) in [5, 5.41) is 6.96. The van der Waals surface area contributed by atoms with Crippen molar-refractivity contribution >= 4 is 29.9 Å². The van der Waals surface area contributed by atoms with Crippen molar-refractivity contribution in [2.75, 3.05) is 27.3 Å². The number of hydrogen-bond donors (Lipinski definition) is 2. The molecule has 2 N–H and O–H groups in total. The number of rotatable bonds is 6. The molecule has 0 aromatic carbocycles. The van der Waals surface area contributed by atoms with E-state index in [4.69, 9.17) is 4.74 Å². The van der Waals surface area contributed by atoms with Crippen molar-refractivity contribution in [2.45, 2.75) is 51.0 Å². The third-order valence-corrected chi connectivity index (χ3v) is 4.27. The smallest absolute Gasteiger partial charge is 0.191 e. The van der Waals surface area contributed by atoms with Crippen LogP contribution in [0.25, 0.3) is 0 Å². The fourth-order valence-corrected chi connectivity index (χ4v) is 2.85. The molecule has 0 saturated heterocycles. The largest absolute Gasteiger partial charge is 0.385 e. The minimum atomic E-state index is 0. The highest BCUT2D eigenvalue weighted by atomic mass is 127. The van der Waals surface area contributed by atoms with Gasteiger partial charge in [0.1, 0.15) is 0 Å². The van der Waals surface area contributed by atoms with Gasteiger partial charge in [-0.3, -0.25) is 4.99 Å². The molecule has 2 rings (SSSR count). The Bertz CT molecular complexity index is 286. The number of nitrogens with one attached hydrogen (secondary N) is 2. The normalized spacial score (nSPS) is 21.9. The van der Waals surface area contributed by atoms with Crippen LogP contribution in [0.3, 0.4) is 0 Å². The van der Waals surface area contributed by atoms with E-state index < -0.39 is 0 Å². The molecule has 0 atom stereocenters. The molecule has 0 aromatic heterocycles. The molecule has 0 aliphatic heterocycles. The molecule has 0 amide bonds. The Morgan fingerprint density at radius 3 is 2.53 bits per heavy atom. The summed E-state index contributed by atoms with van der Waals surface area (Å²) in [6.45, 7) is 1.90. The number of hydrogen-bond acceptors (Lipinski definition) is 2. The molecule has 4 nitrogen and oxygen atoms in total. The van der Waals surface area contributed by atoms with Gasteiger partial charge >= 0.3 is 0 Å². The lowest BCUT2D eigenvalue weighted by Crippen LogP contribution is -2.44. The van der Waals surface area contributed by atoms with Gasteiger partial charge in [0.2, 0.25) is 0 Å². The maximum absolute atomic E-state index is 5.26. The van der Waals surface area contributed by atoms with E-state index in [1.807, 2.05) is 7.05 Å². The Morgan fingerprint density at radius 1 is 1.32 bits per heavy atom. The lowest BCUT2D eigenvalue weighted by molar-refractivity contribution is 0.138. The Kier molecular flexibility index (Phi) is 7.42. The summed E-state index contributed by atoms with van der Waals surface area (Å²) in [4.78, 5) is 4.30. The molecule has 19 heavy (non-hydrogen) atoms. The molecular formula is C14H28IN3O. The Hall–Kier alpha value is -0.0400. The van der Waals surface area contributed by atoms with Gasteiger partial charge in [-0.25, -0.2) is 0 Å². The number of guanidine groups is 1. The van der Waals surface area contributed by atoms with Crippen molar-refractivity contribution < 1.29 is 4.74 Å². The Balaban J connectivity index is 0.00000180. The van der Waals surface area contributed by atoms with Crippen LogP contribution in [0.15, 0.2) is 4.99 Å². The topological polar surface area (TPSA) is 45.7 Å². The molecule has 0 radical (unpaired) electrons. The Labute approximate surface area is 134 Å². The van der Waals surface area contributed by atoms with Gasteiger partial charge in [-0.15, -0.1) is 24.0 Å². The summed E-state index contributed by atoms with van der Waals surface area (Å²) in [7, 11) is 3.65. The molecule has 0 heterocycles. The van der Waals surface area contributed by atoms with Crippen LogP contribution in [0.2, 0.25) is 0 Å². The molecule has 0 bridgehead atoms. The van der Waals surface area contributed by atoms with Gasteiger partial charge in [-0.1, -0.05) is 12.8 Å². The second-order valence-corrected chi connectivity index (χ2v) is 5.79. The zero-order valence-electron chi connectivity index (χ0n) is 12.2. The highest BCUT2D eigenvalue weighted by molar-refractivity contribution is 14.0. The van der Waals surface area contributed by atoms with Gasteiger partial charge in [0.05, 0.1) is 0 Å². The lowest BCUT2D eigenvalue weighted by atomic mass is 9.83. The van der Waals surface area contributed by atoms with Crippen molar-refractivity contribution in [3.8, 4) is 0 Å². The fraction of sp³-hybridized carbons (Fsp3) is 0.929. The average molecular weight is 381 g/mol. The Morgan fingerprint density at radius 2 is 2.00 bits per heavy atom. The van der Waals surface area contributed by atoms with E-state index in [0.717, 1.165) is 25.5 Å². The van der Waals surface area contributed by atoms with Gasteiger partial charge in [0.25, 0.3) is 0 Å². The summed E-state index contributed by atoms with van der Waals surface area (Å²) in [6.07, 6.45) is 9.11. The van der Waals surface area contributed by atoms with Gasteiger partial charge in [0.15, 0.2) is 5.96 Å². The summed E-state index contributed by atoms with van der Waals surface area (Å²) >= 11 is 0. The summed E-state index contributed by atoms with van der Waals surface area (Å²) in [5.41, 5.74) is 0.428. The van der Waals surface area contributed by atoms with Crippen LogP contribution in [-0.4, -0.2) is 39.3 Å². The van der Waals surface area contributed by atoms with E-state index >= 15 is 0 Å². The van der Waals surface area contributed by atoms with Gasteiger partial charge in [-0.05, 0) is 37.5 Å². The first-order chi connectivity index (χ1) is 8.78. The monoisotopic (exact) mass is 381 g/mol. The number of ether oxygens (including phenoxy) is 1. The van der Waals surface area contributed by atoms with Crippen molar-refractivity contribution in [1.29, 1.82) is 0 Å². The molecular weight excluding hydrogens is 353 g/mol. The third-order valence-electron chi connectivity index (χ3n) is 4.27. The molecule has 0 spiro atoms. The SMILES string of the molecule is CN=C(NCC1(CCOC)CCCC1)NC1CC1.I. The highest BCUT2D eigenvalue weighted by Crippen LogP contribution is 2.40. The predicted octanol–water partition coefficient (Wildman–Crippen LogP) is 2.53. The summed E-state index contributed by atoms with van der Waals surface area (Å²) in [5.74, 6) is 0.973. The van der Waals surface area contributed by atoms with E-state index in [9.17, 15) is 0 Å². The average Bonchev–Trinajstić information content (AvgIpc) is 3.09. The molecule has 5 heteroatoms. The van der Waals surface area contributed by atoms with Crippen LogP contribution >= 0.6 is 24.0 Å². The molecule has 2 fully saturated rings. The first-order valence-electron chi connectivity index (χ1n) is 7.24. The summed E-state index contributed by atoms with van der Waals surface area (Å²) < 4.78 is 5.26. The number of halogens is 1. The number of methoxy groups -OCH3 is 1. The first kappa shape index (κ1) is 17.0. The quantitative estimate of drug-likeness (QED) is 0.422. The molecule has 2 aliphatic carbocycles. The molecule has 0 aromatic rings. The van der Waals surface area contributed by atoms with E-state index in [0.29, 0.717) is 11.5 Å². The maximum atomic E-state index is 5.26. The maximum Gasteiger partial charge on any atom is 0.191 e. The summed E-state index contributed by atoms with van der Waals surface area (Å²) in [6, 6.07) is 0.662. The number of nitrogens with zero attached hydrogens (tertiary/aromatic N) is 1. The zero-order chi connectivity index (χ0) is 12.8. The van der Waals surface area contributed by atoms with Crippen LogP contribution in [0, 0.1) is 5.41 Å². The van der Waals surface area contributed by atoms with Crippen LogP contribution in [0.5, 0.6) is 0 Å². The standard InChI is InChI=1S/C14H27N3O.HI/c1-15-13(17-12-5-6-12)16-11-14(9-10-18-2)7-3-4-8-14;/h12H,3-11H2,1-2H3,(H2,15,16,17);1H. The van der Waals surface area contributed by atoms with Crippen molar-refractivity contribution in [3.63, 3.8) is 0 Å². The third kappa shape index (κ3) is 5.45. The van der Waals surface area contributed by atoms with Crippen molar-refractivity contribution in [1.82, 2.24) is 10.6 Å². The van der Waals surface area contributed by atoms with Gasteiger partial charge < -0.3 is 15.4 Å². The van der Waals surface area contributed by atoms with Gasteiger partial charge in [0, 0.05) is 33.4 Å². The zero-order valence-corrected chi connectivity index (χ0v) is 14.5. The van der Waals surface area contributed by atoms with Crippen molar-refractivity contribution in [2.24, 2.45) is 10.4 Å². The number of aliphatic imine (C=N–C) groups is 1. The molecule has 112 valence electrons. The van der Waals surface area contributed by atoms with Crippen molar-refractivity contribution in [3.05, 3.63) is 0 Å². The second-order valence-electron chi connectivity index (χ2n) is 5.79. The molecule has 2 aliphatic rings. The highest BCUT2D eigenvalue weighted by Gasteiger charge is 2.33. The van der Waals surface area contributed by atoms with E-state index in [2.05, 4.69) is 15.6 Å². The van der Waals surface area contributed by atoms with E-state index in [1.165, 1.54) is 38.5 Å². The van der Waals surface area contributed by atoms with Crippen LogP contribution in [0.1, 0.15) is 44.9 Å². The minimum Gasteiger partial charge on any atom is -0.385 e. The van der Waals surface area contributed by atoms with Crippen LogP contribution in [0.4, 0.5) is 0 Å². The molecule has 0 unspecified atom stereocenters. The van der Waals surface area contributed by atoms with Crippen LogP contribution in [-0.2, 0) is 4.74 Å². The molecule has 2 saturated carbocycles. The second kappa shape index (κ2) is 8.29.